The van der Waals surface area contributed by atoms with E-state index in [1.165, 1.54) is 11.8 Å². The van der Waals surface area contributed by atoms with Crippen LogP contribution in [0.3, 0.4) is 0 Å². The summed E-state index contributed by atoms with van der Waals surface area (Å²) in [6.07, 6.45) is 0. The molecule has 0 aliphatic carbocycles. The molecule has 0 saturated heterocycles. The number of hydrogen-bond acceptors (Lipinski definition) is 6. The van der Waals surface area contributed by atoms with E-state index in [2.05, 4.69) is 20.8 Å². The zero-order valence-electron chi connectivity index (χ0n) is 14.7. The Morgan fingerprint density at radius 1 is 1.23 bits per heavy atom. The van der Waals surface area contributed by atoms with Crippen molar-refractivity contribution in [3.05, 3.63) is 54.1 Å². The SMILES string of the molecule is COc1ccccc1NC(=O)[C@H](C)Sc1nnnn1-c1cccc(C)c1. The van der Waals surface area contributed by atoms with E-state index in [1.807, 2.05) is 50.2 Å². The van der Waals surface area contributed by atoms with Gasteiger partial charge in [-0.3, -0.25) is 4.79 Å². The van der Waals surface area contributed by atoms with Gasteiger partial charge in [-0.15, -0.1) is 5.10 Å². The molecular weight excluding hydrogens is 350 g/mol. The third-order valence-electron chi connectivity index (χ3n) is 3.70. The molecule has 0 aliphatic heterocycles. The van der Waals surface area contributed by atoms with E-state index in [0.717, 1.165) is 11.3 Å². The molecule has 0 bridgehead atoms. The van der Waals surface area contributed by atoms with E-state index >= 15 is 0 Å². The number of carbonyl (C=O) groups is 1. The van der Waals surface area contributed by atoms with Crippen LogP contribution in [0.25, 0.3) is 5.69 Å². The molecule has 7 nitrogen and oxygen atoms in total. The Bertz CT molecular complexity index is 912. The number of nitrogens with one attached hydrogen (secondary N) is 1. The van der Waals surface area contributed by atoms with Crippen LogP contribution in [0.5, 0.6) is 5.75 Å². The molecule has 3 rings (SSSR count). The molecule has 1 atom stereocenters. The molecule has 0 aliphatic rings. The van der Waals surface area contributed by atoms with Crippen LogP contribution in [0.15, 0.2) is 53.7 Å². The van der Waals surface area contributed by atoms with Gasteiger partial charge in [-0.1, -0.05) is 36.0 Å². The van der Waals surface area contributed by atoms with Crippen LogP contribution in [0.2, 0.25) is 0 Å². The Balaban J connectivity index is 1.73. The minimum absolute atomic E-state index is 0.154. The highest BCUT2D eigenvalue weighted by Gasteiger charge is 2.20. The summed E-state index contributed by atoms with van der Waals surface area (Å²) in [5.41, 5.74) is 2.59. The van der Waals surface area contributed by atoms with Crippen LogP contribution in [0, 0.1) is 6.92 Å². The van der Waals surface area contributed by atoms with Crippen LogP contribution in [0.1, 0.15) is 12.5 Å². The van der Waals surface area contributed by atoms with E-state index < -0.39 is 5.25 Å². The van der Waals surface area contributed by atoms with E-state index in [1.54, 1.807) is 23.9 Å². The zero-order chi connectivity index (χ0) is 18.5. The molecule has 3 aromatic rings. The number of rotatable bonds is 6. The first-order valence-corrected chi connectivity index (χ1v) is 8.92. The Labute approximate surface area is 155 Å². The summed E-state index contributed by atoms with van der Waals surface area (Å²) in [6, 6.07) is 15.1. The fraction of sp³-hybridized carbons (Fsp3) is 0.222. The second-order valence-electron chi connectivity index (χ2n) is 5.66. The molecule has 1 aromatic heterocycles. The van der Waals surface area contributed by atoms with Crippen molar-refractivity contribution in [2.45, 2.75) is 24.3 Å². The lowest BCUT2D eigenvalue weighted by Gasteiger charge is -2.13. The summed E-state index contributed by atoms with van der Waals surface area (Å²) >= 11 is 1.29. The molecule has 1 heterocycles. The molecule has 8 heteroatoms. The van der Waals surface area contributed by atoms with Gasteiger partial charge < -0.3 is 10.1 Å². The van der Waals surface area contributed by atoms with Gasteiger partial charge in [0.1, 0.15) is 5.75 Å². The monoisotopic (exact) mass is 369 g/mol. The molecule has 1 N–H and O–H groups in total. The van der Waals surface area contributed by atoms with Gasteiger partial charge in [0, 0.05) is 0 Å². The average Bonchev–Trinajstić information content (AvgIpc) is 3.10. The van der Waals surface area contributed by atoms with Crippen molar-refractivity contribution in [3.63, 3.8) is 0 Å². The van der Waals surface area contributed by atoms with Crippen LogP contribution in [-0.2, 0) is 4.79 Å². The highest BCUT2D eigenvalue weighted by molar-refractivity contribution is 8.00. The number of para-hydroxylation sites is 2. The first-order chi connectivity index (χ1) is 12.6. The molecule has 26 heavy (non-hydrogen) atoms. The Kier molecular flexibility index (Phi) is 5.52. The Morgan fingerprint density at radius 3 is 2.81 bits per heavy atom. The fourth-order valence-corrected chi connectivity index (χ4v) is 3.18. The van der Waals surface area contributed by atoms with Crippen molar-refractivity contribution < 1.29 is 9.53 Å². The van der Waals surface area contributed by atoms with Crippen molar-refractivity contribution in [3.8, 4) is 11.4 Å². The number of methoxy groups -OCH3 is 1. The number of nitrogens with zero attached hydrogens (tertiary/aromatic N) is 4. The number of thioether (sulfide) groups is 1. The largest absolute Gasteiger partial charge is 0.495 e. The topological polar surface area (TPSA) is 81.9 Å². The van der Waals surface area contributed by atoms with Crippen LogP contribution in [0.4, 0.5) is 5.69 Å². The normalized spacial score (nSPS) is 11.8. The number of carbonyl (C=O) groups excluding carboxylic acids is 1. The van der Waals surface area contributed by atoms with Crippen molar-refractivity contribution in [1.29, 1.82) is 0 Å². The lowest BCUT2D eigenvalue weighted by molar-refractivity contribution is -0.115. The third-order valence-corrected chi connectivity index (χ3v) is 4.74. The lowest BCUT2D eigenvalue weighted by Crippen LogP contribution is -2.23. The predicted molar refractivity (Wildman–Crippen MR) is 101 cm³/mol. The molecule has 1 amide bonds. The summed E-state index contributed by atoms with van der Waals surface area (Å²) in [5, 5.41) is 14.9. The van der Waals surface area contributed by atoms with Gasteiger partial charge in [-0.25, -0.2) is 0 Å². The summed E-state index contributed by atoms with van der Waals surface area (Å²) in [4.78, 5) is 12.5. The van der Waals surface area contributed by atoms with E-state index in [-0.39, 0.29) is 5.91 Å². The van der Waals surface area contributed by atoms with Gasteiger partial charge in [0.2, 0.25) is 11.1 Å². The fourth-order valence-electron chi connectivity index (χ4n) is 2.37. The second-order valence-corrected chi connectivity index (χ2v) is 6.97. The summed E-state index contributed by atoms with van der Waals surface area (Å²) in [7, 11) is 1.57. The summed E-state index contributed by atoms with van der Waals surface area (Å²) in [5.74, 6) is 0.459. The highest BCUT2D eigenvalue weighted by atomic mass is 32.2. The maximum atomic E-state index is 12.5. The van der Waals surface area contributed by atoms with Crippen molar-refractivity contribution in [1.82, 2.24) is 20.2 Å². The first kappa shape index (κ1) is 17.9. The Morgan fingerprint density at radius 2 is 2.04 bits per heavy atom. The van der Waals surface area contributed by atoms with E-state index in [4.69, 9.17) is 4.74 Å². The minimum Gasteiger partial charge on any atom is -0.495 e. The molecule has 2 aromatic carbocycles. The quantitative estimate of drug-likeness (QED) is 0.673. The lowest BCUT2D eigenvalue weighted by atomic mass is 10.2. The van der Waals surface area contributed by atoms with Gasteiger partial charge in [0.15, 0.2) is 0 Å². The number of anilines is 1. The van der Waals surface area contributed by atoms with E-state index in [0.29, 0.717) is 16.6 Å². The number of aromatic nitrogens is 4. The van der Waals surface area contributed by atoms with Crippen molar-refractivity contribution in [2.24, 2.45) is 0 Å². The number of aryl methyl sites for hydroxylation is 1. The predicted octanol–water partition coefficient (Wildman–Crippen LogP) is 3.10. The van der Waals surface area contributed by atoms with Crippen molar-refractivity contribution >= 4 is 23.4 Å². The van der Waals surface area contributed by atoms with Gasteiger partial charge in [-0.2, -0.15) is 4.68 Å². The van der Waals surface area contributed by atoms with Crippen LogP contribution >= 0.6 is 11.8 Å². The van der Waals surface area contributed by atoms with Crippen LogP contribution < -0.4 is 10.1 Å². The molecular formula is C18H19N5O2S. The molecule has 0 fully saturated rings. The smallest absolute Gasteiger partial charge is 0.237 e. The highest BCUT2D eigenvalue weighted by Crippen LogP contribution is 2.27. The number of amides is 1. The second kappa shape index (κ2) is 8.01. The minimum atomic E-state index is -0.394. The average molecular weight is 369 g/mol. The maximum absolute atomic E-state index is 12.5. The van der Waals surface area contributed by atoms with Crippen LogP contribution in [-0.4, -0.2) is 38.5 Å². The first-order valence-electron chi connectivity index (χ1n) is 8.04. The standard InChI is InChI=1S/C18H19N5O2S/c1-12-7-6-8-14(11-12)23-18(20-21-22-23)26-13(2)17(24)19-15-9-4-5-10-16(15)25-3/h4-11,13H,1-3H3,(H,19,24)/t13-/m0/s1. The summed E-state index contributed by atoms with van der Waals surface area (Å²) < 4.78 is 6.89. The van der Waals surface area contributed by atoms with Gasteiger partial charge >= 0.3 is 0 Å². The van der Waals surface area contributed by atoms with Gasteiger partial charge in [0.05, 0.1) is 23.7 Å². The molecule has 0 unspecified atom stereocenters. The molecule has 0 saturated carbocycles. The van der Waals surface area contributed by atoms with Gasteiger partial charge in [-0.05, 0) is 54.1 Å². The van der Waals surface area contributed by atoms with Gasteiger partial charge in [0.25, 0.3) is 0 Å². The Hall–Kier alpha value is -2.87. The zero-order valence-corrected chi connectivity index (χ0v) is 15.5. The molecule has 0 radical (unpaired) electrons. The number of benzene rings is 2. The number of hydrogen-bond donors (Lipinski definition) is 1. The molecule has 134 valence electrons. The number of ether oxygens (including phenoxy) is 1. The third kappa shape index (κ3) is 4.02. The number of tetrazole rings is 1. The van der Waals surface area contributed by atoms with E-state index in [9.17, 15) is 4.79 Å². The summed E-state index contributed by atoms with van der Waals surface area (Å²) in [6.45, 7) is 3.81. The molecule has 0 spiro atoms. The maximum Gasteiger partial charge on any atom is 0.237 e. The van der Waals surface area contributed by atoms with Crippen molar-refractivity contribution in [2.75, 3.05) is 12.4 Å².